The number of aliphatic imine (C=N–C) groups is 1. The number of amides is 1. The Morgan fingerprint density at radius 2 is 1.93 bits per heavy atom. The standard InChI is InChI=1S/C23H37N5O/c1-23(2,3)26-21(29)15-25-22(24-4)28-14-12-20-19(17-28)11-8-13-27(20)16-18-9-6-5-7-10-18/h5-7,9-10,19-20H,8,11-17H2,1-4H3,(H,24,25)(H,26,29). The molecule has 2 fully saturated rings. The molecule has 0 aliphatic carbocycles. The van der Waals surface area contributed by atoms with Crippen LogP contribution >= 0.6 is 0 Å². The van der Waals surface area contributed by atoms with Gasteiger partial charge in [-0.1, -0.05) is 30.3 Å². The lowest BCUT2D eigenvalue weighted by Gasteiger charge is -2.48. The molecule has 2 N–H and O–H groups in total. The monoisotopic (exact) mass is 399 g/mol. The molecule has 0 saturated carbocycles. The zero-order valence-electron chi connectivity index (χ0n) is 18.4. The van der Waals surface area contributed by atoms with Gasteiger partial charge in [0.2, 0.25) is 5.91 Å². The van der Waals surface area contributed by atoms with E-state index in [1.54, 1.807) is 7.05 Å². The number of carbonyl (C=O) groups excluding carboxylic acids is 1. The van der Waals surface area contributed by atoms with Gasteiger partial charge < -0.3 is 15.5 Å². The molecule has 160 valence electrons. The van der Waals surface area contributed by atoms with Crippen LogP contribution in [-0.2, 0) is 11.3 Å². The van der Waals surface area contributed by atoms with Crippen LogP contribution in [-0.4, -0.2) is 66.5 Å². The molecule has 1 aromatic carbocycles. The molecule has 2 unspecified atom stereocenters. The third-order valence-corrected chi connectivity index (χ3v) is 5.84. The first-order valence-electron chi connectivity index (χ1n) is 10.9. The van der Waals surface area contributed by atoms with Crippen LogP contribution in [0.2, 0.25) is 0 Å². The van der Waals surface area contributed by atoms with Gasteiger partial charge in [-0.05, 0) is 58.1 Å². The van der Waals surface area contributed by atoms with Crippen LogP contribution in [0.15, 0.2) is 35.3 Å². The number of piperidine rings is 2. The molecule has 2 aliphatic rings. The van der Waals surface area contributed by atoms with Gasteiger partial charge >= 0.3 is 0 Å². The highest BCUT2D eigenvalue weighted by Gasteiger charge is 2.36. The van der Waals surface area contributed by atoms with E-state index in [1.807, 2.05) is 20.8 Å². The molecule has 0 spiro atoms. The lowest BCUT2D eigenvalue weighted by atomic mass is 9.83. The van der Waals surface area contributed by atoms with Crippen molar-refractivity contribution < 1.29 is 4.79 Å². The third-order valence-electron chi connectivity index (χ3n) is 5.84. The number of hydrogen-bond donors (Lipinski definition) is 2. The maximum absolute atomic E-state index is 12.2. The predicted molar refractivity (Wildman–Crippen MR) is 119 cm³/mol. The highest BCUT2D eigenvalue weighted by atomic mass is 16.2. The number of guanidine groups is 1. The molecular formula is C23H37N5O. The summed E-state index contributed by atoms with van der Waals surface area (Å²) < 4.78 is 0. The summed E-state index contributed by atoms with van der Waals surface area (Å²) in [4.78, 5) is 21.6. The summed E-state index contributed by atoms with van der Waals surface area (Å²) in [5.74, 6) is 1.50. The summed E-state index contributed by atoms with van der Waals surface area (Å²) in [5.41, 5.74) is 1.18. The Morgan fingerprint density at radius 3 is 2.62 bits per heavy atom. The van der Waals surface area contributed by atoms with E-state index in [-0.39, 0.29) is 18.0 Å². The molecule has 2 atom stereocenters. The van der Waals surface area contributed by atoms with Crippen molar-refractivity contribution in [3.05, 3.63) is 35.9 Å². The topological polar surface area (TPSA) is 60.0 Å². The third kappa shape index (κ3) is 6.20. The molecule has 3 rings (SSSR count). The Balaban J connectivity index is 1.54. The molecule has 0 bridgehead atoms. The summed E-state index contributed by atoms with van der Waals surface area (Å²) >= 11 is 0. The maximum atomic E-state index is 12.2. The lowest BCUT2D eigenvalue weighted by Crippen LogP contribution is -2.57. The van der Waals surface area contributed by atoms with Gasteiger partial charge in [0.05, 0.1) is 6.54 Å². The van der Waals surface area contributed by atoms with Gasteiger partial charge in [0.1, 0.15) is 0 Å². The summed E-state index contributed by atoms with van der Waals surface area (Å²) in [6.45, 7) is 10.5. The molecule has 1 aromatic rings. The van der Waals surface area contributed by atoms with Crippen LogP contribution < -0.4 is 10.6 Å². The Morgan fingerprint density at radius 1 is 1.17 bits per heavy atom. The minimum absolute atomic E-state index is 0.000221. The van der Waals surface area contributed by atoms with E-state index in [0.717, 1.165) is 32.0 Å². The van der Waals surface area contributed by atoms with Gasteiger partial charge in [0, 0.05) is 38.3 Å². The van der Waals surface area contributed by atoms with Crippen LogP contribution in [0.4, 0.5) is 0 Å². The minimum atomic E-state index is -0.217. The molecule has 29 heavy (non-hydrogen) atoms. The van der Waals surface area contributed by atoms with E-state index in [4.69, 9.17) is 0 Å². The van der Waals surface area contributed by atoms with E-state index in [2.05, 4.69) is 55.8 Å². The number of benzene rings is 1. The first kappa shape index (κ1) is 21.6. The zero-order valence-corrected chi connectivity index (χ0v) is 18.4. The van der Waals surface area contributed by atoms with E-state index in [0.29, 0.717) is 12.0 Å². The van der Waals surface area contributed by atoms with Gasteiger partial charge in [-0.3, -0.25) is 14.7 Å². The maximum Gasteiger partial charge on any atom is 0.239 e. The average Bonchev–Trinajstić information content (AvgIpc) is 2.68. The van der Waals surface area contributed by atoms with Gasteiger partial charge in [-0.25, -0.2) is 0 Å². The second-order valence-electron chi connectivity index (χ2n) is 9.36. The second-order valence-corrected chi connectivity index (χ2v) is 9.36. The highest BCUT2D eigenvalue weighted by Crippen LogP contribution is 2.31. The van der Waals surface area contributed by atoms with Crippen molar-refractivity contribution >= 4 is 11.9 Å². The fourth-order valence-corrected chi connectivity index (χ4v) is 4.67. The van der Waals surface area contributed by atoms with Crippen molar-refractivity contribution in [2.45, 2.75) is 58.2 Å². The van der Waals surface area contributed by atoms with Crippen molar-refractivity contribution in [2.75, 3.05) is 33.2 Å². The molecule has 0 radical (unpaired) electrons. The SMILES string of the molecule is CN=C(NCC(=O)NC(C)(C)C)N1CCC2C(CCCN2Cc2ccccc2)C1. The van der Waals surface area contributed by atoms with Crippen LogP contribution in [0, 0.1) is 5.92 Å². The highest BCUT2D eigenvalue weighted by molar-refractivity contribution is 5.86. The number of nitrogens with zero attached hydrogens (tertiary/aromatic N) is 3. The van der Waals surface area contributed by atoms with Crippen LogP contribution in [0.3, 0.4) is 0 Å². The number of rotatable bonds is 4. The van der Waals surface area contributed by atoms with Crippen LogP contribution in [0.5, 0.6) is 0 Å². The Kier molecular flexibility index (Phi) is 7.17. The fourth-order valence-electron chi connectivity index (χ4n) is 4.67. The normalized spacial score (nSPS) is 23.4. The first-order chi connectivity index (χ1) is 13.9. The Labute approximate surface area is 175 Å². The van der Waals surface area contributed by atoms with Crippen molar-refractivity contribution in [1.82, 2.24) is 20.4 Å². The van der Waals surface area contributed by atoms with Gasteiger partial charge in [0.15, 0.2) is 5.96 Å². The zero-order chi connectivity index (χ0) is 20.9. The van der Waals surface area contributed by atoms with E-state index < -0.39 is 0 Å². The summed E-state index contributed by atoms with van der Waals surface area (Å²) in [6, 6.07) is 11.4. The Hall–Kier alpha value is -2.08. The van der Waals surface area contributed by atoms with Gasteiger partial charge in [-0.2, -0.15) is 0 Å². The molecule has 1 amide bonds. The minimum Gasteiger partial charge on any atom is -0.350 e. The largest absolute Gasteiger partial charge is 0.350 e. The molecule has 6 heteroatoms. The van der Waals surface area contributed by atoms with E-state index >= 15 is 0 Å². The van der Waals surface area contributed by atoms with Crippen LogP contribution in [0.1, 0.15) is 45.6 Å². The van der Waals surface area contributed by atoms with Crippen molar-refractivity contribution in [3.8, 4) is 0 Å². The summed E-state index contributed by atoms with van der Waals surface area (Å²) in [6.07, 6.45) is 3.67. The van der Waals surface area contributed by atoms with Crippen LogP contribution in [0.25, 0.3) is 0 Å². The van der Waals surface area contributed by atoms with E-state index in [9.17, 15) is 4.79 Å². The number of nitrogens with one attached hydrogen (secondary N) is 2. The lowest BCUT2D eigenvalue weighted by molar-refractivity contribution is -0.121. The fraction of sp³-hybridized carbons (Fsp3) is 0.652. The molecule has 2 saturated heterocycles. The van der Waals surface area contributed by atoms with Crippen molar-refractivity contribution in [3.63, 3.8) is 0 Å². The first-order valence-corrected chi connectivity index (χ1v) is 10.9. The number of carbonyl (C=O) groups is 1. The van der Waals surface area contributed by atoms with Crippen molar-refractivity contribution in [2.24, 2.45) is 10.9 Å². The Bertz CT molecular complexity index is 697. The molecule has 2 heterocycles. The smallest absolute Gasteiger partial charge is 0.239 e. The molecule has 2 aliphatic heterocycles. The predicted octanol–water partition coefficient (Wildman–Crippen LogP) is 2.46. The average molecular weight is 400 g/mol. The number of likely N-dealkylation sites (tertiary alicyclic amines) is 2. The number of hydrogen-bond acceptors (Lipinski definition) is 3. The van der Waals surface area contributed by atoms with Crippen molar-refractivity contribution in [1.29, 1.82) is 0 Å². The van der Waals surface area contributed by atoms with Gasteiger partial charge in [0.25, 0.3) is 0 Å². The molecular weight excluding hydrogens is 362 g/mol. The molecule has 0 aromatic heterocycles. The summed E-state index contributed by atoms with van der Waals surface area (Å²) in [5, 5.41) is 6.25. The van der Waals surface area contributed by atoms with E-state index in [1.165, 1.54) is 24.9 Å². The quantitative estimate of drug-likeness (QED) is 0.603. The second kappa shape index (κ2) is 9.61. The summed E-state index contributed by atoms with van der Waals surface area (Å²) in [7, 11) is 1.80. The number of fused-ring (bicyclic) bond motifs is 1. The van der Waals surface area contributed by atoms with Gasteiger partial charge in [-0.15, -0.1) is 0 Å². The molecule has 6 nitrogen and oxygen atoms in total.